The Labute approximate surface area is 173 Å². The summed E-state index contributed by atoms with van der Waals surface area (Å²) < 4.78 is 49.1. The zero-order valence-electron chi connectivity index (χ0n) is 16.4. The highest BCUT2D eigenvalue weighted by atomic mass is 32.2. The highest BCUT2D eigenvalue weighted by Gasteiger charge is 2.35. The number of rotatable bonds is 6. The Morgan fingerprint density at radius 2 is 1.34 bits per heavy atom. The molecule has 0 saturated heterocycles. The number of non-ortho nitro benzene ring substituents is 1. The molecule has 3 rings (SSSR count). The standard InChI is InChI=1S/C12H22O2S.C7H7NO5S/c13-15(14,11-7-3-1-4-8-11)12-9-5-2-6-10-12;9-8(10)7-3-1-6(2-4-7)5-13-14(11)12/h11-12H,1-10H2;1-4,14H,5H2. The van der Waals surface area contributed by atoms with E-state index in [4.69, 9.17) is 0 Å². The van der Waals surface area contributed by atoms with Gasteiger partial charge in [-0.2, -0.15) is 0 Å². The third-order valence-electron chi connectivity index (χ3n) is 5.52. The van der Waals surface area contributed by atoms with Crippen LogP contribution in [0.2, 0.25) is 0 Å². The SMILES string of the molecule is O=S(=O)(C1CCCCC1)C1CCCCC1.O=[N+]([O-])c1ccc(CO[SH](=O)=O)cc1. The lowest BCUT2D eigenvalue weighted by atomic mass is 10.00. The van der Waals surface area contributed by atoms with E-state index in [1.54, 1.807) is 0 Å². The van der Waals surface area contributed by atoms with Crippen molar-refractivity contribution >= 4 is 26.5 Å². The summed E-state index contributed by atoms with van der Waals surface area (Å²) in [5.74, 6) is 0. The maximum Gasteiger partial charge on any atom is 0.269 e. The van der Waals surface area contributed by atoms with E-state index < -0.39 is 25.7 Å². The van der Waals surface area contributed by atoms with Crippen LogP contribution in [0.15, 0.2) is 24.3 Å². The molecule has 2 aliphatic rings. The summed E-state index contributed by atoms with van der Waals surface area (Å²) in [4.78, 5) is 9.73. The summed E-state index contributed by atoms with van der Waals surface area (Å²) in [6.45, 7) is -0.100. The first-order chi connectivity index (χ1) is 13.8. The molecule has 0 spiro atoms. The molecule has 0 atom stereocenters. The fraction of sp³-hybridized carbons (Fsp3) is 0.684. The van der Waals surface area contributed by atoms with Crippen LogP contribution >= 0.6 is 0 Å². The number of nitro groups is 1. The van der Waals surface area contributed by atoms with Crippen LogP contribution < -0.4 is 0 Å². The topological polar surface area (TPSA) is 121 Å². The van der Waals surface area contributed by atoms with Crippen molar-refractivity contribution in [2.45, 2.75) is 81.3 Å². The predicted octanol–water partition coefficient (Wildman–Crippen LogP) is 3.70. The molecule has 164 valence electrons. The van der Waals surface area contributed by atoms with Crippen molar-refractivity contribution in [2.24, 2.45) is 0 Å². The maximum absolute atomic E-state index is 12.3. The minimum Gasteiger partial charge on any atom is -0.267 e. The number of nitrogens with zero attached hydrogens (tertiary/aromatic N) is 1. The van der Waals surface area contributed by atoms with Gasteiger partial charge in [-0.15, -0.1) is 0 Å². The summed E-state index contributed by atoms with van der Waals surface area (Å²) in [5, 5.41) is 10.3. The molecule has 0 N–H and O–H groups in total. The first-order valence-electron chi connectivity index (χ1n) is 10.0. The number of thiol groups is 1. The van der Waals surface area contributed by atoms with E-state index in [0.29, 0.717) is 5.56 Å². The van der Waals surface area contributed by atoms with Gasteiger partial charge in [-0.3, -0.25) is 14.3 Å². The Bertz CT molecular complexity index is 791. The molecule has 0 radical (unpaired) electrons. The second-order valence-electron chi connectivity index (χ2n) is 7.53. The van der Waals surface area contributed by atoms with Crippen LogP contribution in [0.1, 0.15) is 69.8 Å². The van der Waals surface area contributed by atoms with Crippen LogP contribution in [-0.2, 0) is 31.6 Å². The van der Waals surface area contributed by atoms with Crippen molar-refractivity contribution < 1.29 is 25.9 Å². The third-order valence-corrected chi connectivity index (χ3v) is 8.66. The molecule has 0 amide bonds. The van der Waals surface area contributed by atoms with Gasteiger partial charge in [0, 0.05) is 12.1 Å². The number of hydrogen-bond donors (Lipinski definition) is 1. The molecule has 2 aliphatic carbocycles. The lowest BCUT2D eigenvalue weighted by Crippen LogP contribution is -2.34. The molecular weight excluding hydrogens is 418 g/mol. The zero-order valence-corrected chi connectivity index (χ0v) is 18.1. The van der Waals surface area contributed by atoms with Gasteiger partial charge in [-0.05, 0) is 43.4 Å². The van der Waals surface area contributed by atoms with E-state index in [1.165, 1.54) is 37.1 Å². The Hall–Kier alpha value is -1.52. The summed E-state index contributed by atoms with van der Waals surface area (Å²) >= 11 is 0. The molecule has 0 bridgehead atoms. The fourth-order valence-corrected chi connectivity index (χ4v) is 6.68. The van der Waals surface area contributed by atoms with Crippen molar-refractivity contribution in [3.05, 3.63) is 39.9 Å². The molecule has 0 unspecified atom stereocenters. The van der Waals surface area contributed by atoms with Crippen LogP contribution in [0.5, 0.6) is 0 Å². The average molecular weight is 448 g/mol. The first kappa shape index (κ1) is 23.8. The van der Waals surface area contributed by atoms with Crippen LogP contribution in [0.4, 0.5) is 5.69 Å². The lowest BCUT2D eigenvalue weighted by Gasteiger charge is -2.29. The minimum atomic E-state index is -2.88. The summed E-state index contributed by atoms with van der Waals surface area (Å²) in [7, 11) is -5.66. The Balaban J connectivity index is 0.000000208. The number of sulfone groups is 1. The van der Waals surface area contributed by atoms with Crippen LogP contribution in [0.3, 0.4) is 0 Å². The molecule has 1 aromatic carbocycles. The van der Waals surface area contributed by atoms with Crippen LogP contribution in [0, 0.1) is 10.1 Å². The molecule has 0 heterocycles. The minimum absolute atomic E-state index is 0.00866. The van der Waals surface area contributed by atoms with Crippen molar-refractivity contribution in [3.8, 4) is 0 Å². The summed E-state index contributed by atoms with van der Waals surface area (Å²) in [6.07, 6.45) is 10.7. The monoisotopic (exact) mass is 447 g/mol. The molecule has 10 heteroatoms. The highest BCUT2D eigenvalue weighted by Crippen LogP contribution is 2.32. The molecule has 29 heavy (non-hydrogen) atoms. The second-order valence-corrected chi connectivity index (χ2v) is 10.7. The van der Waals surface area contributed by atoms with Gasteiger partial charge in [-0.25, -0.2) is 16.8 Å². The number of nitro benzene ring substituents is 1. The van der Waals surface area contributed by atoms with Crippen molar-refractivity contribution in [3.63, 3.8) is 0 Å². The van der Waals surface area contributed by atoms with Crippen LogP contribution in [-0.4, -0.2) is 32.3 Å². The largest absolute Gasteiger partial charge is 0.269 e. The molecule has 0 aliphatic heterocycles. The number of benzene rings is 1. The van der Waals surface area contributed by atoms with Gasteiger partial charge in [0.25, 0.3) is 16.7 Å². The van der Waals surface area contributed by atoms with E-state index in [0.717, 1.165) is 51.4 Å². The van der Waals surface area contributed by atoms with Gasteiger partial charge in [0.15, 0.2) is 9.84 Å². The van der Waals surface area contributed by atoms with E-state index in [1.807, 2.05) is 0 Å². The molecule has 2 fully saturated rings. The maximum atomic E-state index is 12.3. The molecule has 0 aromatic heterocycles. The third kappa shape index (κ3) is 7.67. The molecule has 8 nitrogen and oxygen atoms in total. The average Bonchev–Trinajstić information content (AvgIpc) is 2.74. The zero-order chi connectivity index (χ0) is 21.3. The normalized spacial score (nSPS) is 18.8. The summed E-state index contributed by atoms with van der Waals surface area (Å²) in [6, 6.07) is 5.46. The Morgan fingerprint density at radius 3 is 1.72 bits per heavy atom. The first-order valence-corrected chi connectivity index (χ1v) is 12.7. The second kappa shape index (κ2) is 11.6. The van der Waals surface area contributed by atoms with Crippen molar-refractivity contribution in [1.82, 2.24) is 0 Å². The molecular formula is C19H29NO7S2. The van der Waals surface area contributed by atoms with Gasteiger partial charge in [0.1, 0.15) is 0 Å². The van der Waals surface area contributed by atoms with Crippen LogP contribution in [0.25, 0.3) is 0 Å². The van der Waals surface area contributed by atoms with E-state index >= 15 is 0 Å². The van der Waals surface area contributed by atoms with Gasteiger partial charge in [-0.1, -0.05) is 38.5 Å². The number of hydrogen-bond acceptors (Lipinski definition) is 7. The van der Waals surface area contributed by atoms with Gasteiger partial charge in [0.2, 0.25) is 0 Å². The quantitative estimate of drug-likeness (QED) is 0.401. The summed E-state index contributed by atoms with van der Waals surface area (Å²) in [5.41, 5.74) is 0.523. The van der Waals surface area contributed by atoms with Crippen molar-refractivity contribution in [2.75, 3.05) is 0 Å². The predicted molar refractivity (Wildman–Crippen MR) is 111 cm³/mol. The van der Waals surface area contributed by atoms with Crippen molar-refractivity contribution in [1.29, 1.82) is 0 Å². The smallest absolute Gasteiger partial charge is 0.267 e. The lowest BCUT2D eigenvalue weighted by molar-refractivity contribution is -0.384. The molecule has 2 saturated carbocycles. The van der Waals surface area contributed by atoms with E-state index in [-0.39, 0.29) is 22.8 Å². The van der Waals surface area contributed by atoms with Gasteiger partial charge in [0.05, 0.1) is 22.0 Å². The van der Waals surface area contributed by atoms with E-state index in [9.17, 15) is 26.9 Å². The highest BCUT2D eigenvalue weighted by molar-refractivity contribution is 7.92. The fourth-order valence-electron chi connectivity index (χ4n) is 3.90. The molecule has 1 aromatic rings. The van der Waals surface area contributed by atoms with Gasteiger partial charge < -0.3 is 0 Å². The van der Waals surface area contributed by atoms with E-state index in [2.05, 4.69) is 4.18 Å². The van der Waals surface area contributed by atoms with Gasteiger partial charge >= 0.3 is 0 Å². The Kier molecular flexibility index (Phi) is 9.51. The Morgan fingerprint density at radius 1 is 0.897 bits per heavy atom.